The summed E-state index contributed by atoms with van der Waals surface area (Å²) in [6.45, 7) is 2.06. The standard InChI is InChI=1S/C22H16Cl3N3S/c1-14-5-11-17(12-6-14)28-21(15-7-9-16(23)10-8-15)26-27-22(28)29-13-18-19(24)3-2-4-20(18)25/h2-12H,13H2,1H3. The smallest absolute Gasteiger partial charge is 0.196 e. The Morgan fingerprint density at radius 3 is 2.14 bits per heavy atom. The highest BCUT2D eigenvalue weighted by molar-refractivity contribution is 7.98. The topological polar surface area (TPSA) is 30.7 Å². The molecule has 0 unspecified atom stereocenters. The fourth-order valence-electron chi connectivity index (χ4n) is 2.88. The Balaban J connectivity index is 1.75. The number of nitrogens with zero attached hydrogens (tertiary/aromatic N) is 3. The van der Waals surface area contributed by atoms with Crippen LogP contribution in [0.3, 0.4) is 0 Å². The Morgan fingerprint density at radius 2 is 1.48 bits per heavy atom. The Labute approximate surface area is 188 Å². The molecule has 29 heavy (non-hydrogen) atoms. The van der Waals surface area contributed by atoms with Gasteiger partial charge in [-0.2, -0.15) is 0 Å². The molecule has 0 amide bonds. The van der Waals surface area contributed by atoms with Gasteiger partial charge in [-0.05, 0) is 61.0 Å². The monoisotopic (exact) mass is 459 g/mol. The summed E-state index contributed by atoms with van der Waals surface area (Å²) in [6.07, 6.45) is 0. The van der Waals surface area contributed by atoms with Gasteiger partial charge in [-0.1, -0.05) is 70.3 Å². The van der Waals surface area contributed by atoms with E-state index >= 15 is 0 Å². The number of rotatable bonds is 5. The van der Waals surface area contributed by atoms with Crippen LogP contribution in [0.15, 0.2) is 71.9 Å². The third kappa shape index (κ3) is 4.46. The molecule has 3 nitrogen and oxygen atoms in total. The van der Waals surface area contributed by atoms with Crippen LogP contribution in [0, 0.1) is 6.92 Å². The molecule has 0 atom stereocenters. The maximum atomic E-state index is 6.33. The third-order valence-corrected chi connectivity index (χ3v) is 6.35. The summed E-state index contributed by atoms with van der Waals surface area (Å²) in [5.74, 6) is 1.33. The van der Waals surface area contributed by atoms with Crippen LogP contribution in [0.5, 0.6) is 0 Å². The van der Waals surface area contributed by atoms with Gasteiger partial charge in [0.1, 0.15) is 0 Å². The summed E-state index contributed by atoms with van der Waals surface area (Å²) in [7, 11) is 0. The summed E-state index contributed by atoms with van der Waals surface area (Å²) < 4.78 is 2.04. The van der Waals surface area contributed by atoms with Gasteiger partial charge < -0.3 is 0 Å². The number of halogens is 3. The summed E-state index contributed by atoms with van der Waals surface area (Å²) in [4.78, 5) is 0. The van der Waals surface area contributed by atoms with Crippen molar-refractivity contribution in [3.63, 3.8) is 0 Å². The van der Waals surface area contributed by atoms with Gasteiger partial charge in [0.25, 0.3) is 0 Å². The fraction of sp³-hybridized carbons (Fsp3) is 0.0909. The predicted octanol–water partition coefficient (Wildman–Crippen LogP) is 7.50. The molecule has 4 aromatic rings. The van der Waals surface area contributed by atoms with E-state index in [1.54, 1.807) is 11.8 Å². The van der Waals surface area contributed by atoms with E-state index in [0.29, 0.717) is 20.8 Å². The Kier molecular flexibility index (Phi) is 6.16. The van der Waals surface area contributed by atoms with Crippen LogP contribution in [0.1, 0.15) is 11.1 Å². The first-order valence-corrected chi connectivity index (χ1v) is 11.0. The third-order valence-electron chi connectivity index (χ3n) is 4.44. The quantitative estimate of drug-likeness (QED) is 0.289. The molecule has 0 radical (unpaired) electrons. The summed E-state index contributed by atoms with van der Waals surface area (Å²) in [6, 6.07) is 21.4. The predicted molar refractivity (Wildman–Crippen MR) is 123 cm³/mol. The molecule has 0 aliphatic heterocycles. The number of aryl methyl sites for hydroxylation is 1. The van der Waals surface area contributed by atoms with Gasteiger partial charge in [-0.3, -0.25) is 4.57 Å². The minimum atomic E-state index is 0.586. The van der Waals surface area contributed by atoms with E-state index in [-0.39, 0.29) is 0 Å². The molecule has 1 aromatic heterocycles. The first-order valence-electron chi connectivity index (χ1n) is 8.87. The number of hydrogen-bond donors (Lipinski definition) is 0. The molecular formula is C22H16Cl3N3S. The van der Waals surface area contributed by atoms with Crippen molar-refractivity contribution in [2.75, 3.05) is 0 Å². The van der Waals surface area contributed by atoms with E-state index < -0.39 is 0 Å². The van der Waals surface area contributed by atoms with Crippen LogP contribution in [-0.2, 0) is 5.75 Å². The molecule has 3 aromatic carbocycles. The average Bonchev–Trinajstić information content (AvgIpc) is 3.13. The van der Waals surface area contributed by atoms with Gasteiger partial charge in [0, 0.05) is 32.1 Å². The first-order chi connectivity index (χ1) is 14.0. The van der Waals surface area contributed by atoms with Crippen LogP contribution in [0.2, 0.25) is 15.1 Å². The van der Waals surface area contributed by atoms with E-state index in [1.807, 2.05) is 47.0 Å². The molecule has 0 aliphatic carbocycles. The van der Waals surface area contributed by atoms with Gasteiger partial charge in [-0.25, -0.2) is 0 Å². The highest BCUT2D eigenvalue weighted by Crippen LogP contribution is 2.34. The van der Waals surface area contributed by atoms with Crippen molar-refractivity contribution in [1.82, 2.24) is 14.8 Å². The van der Waals surface area contributed by atoms with Crippen LogP contribution < -0.4 is 0 Å². The highest BCUT2D eigenvalue weighted by atomic mass is 35.5. The summed E-state index contributed by atoms with van der Waals surface area (Å²) >= 11 is 20.3. The van der Waals surface area contributed by atoms with Gasteiger partial charge in [0.15, 0.2) is 11.0 Å². The van der Waals surface area contributed by atoms with Gasteiger partial charge in [0.2, 0.25) is 0 Å². The molecule has 0 saturated carbocycles. The maximum absolute atomic E-state index is 6.33. The van der Waals surface area contributed by atoms with Gasteiger partial charge in [-0.15, -0.1) is 10.2 Å². The Hall–Kier alpha value is -1.98. The largest absolute Gasteiger partial charge is 0.270 e. The van der Waals surface area contributed by atoms with Crippen LogP contribution in [0.25, 0.3) is 17.1 Å². The Bertz CT molecular complexity index is 1120. The number of aromatic nitrogens is 3. The molecular weight excluding hydrogens is 445 g/mol. The molecule has 0 saturated heterocycles. The molecule has 7 heteroatoms. The van der Waals surface area contributed by atoms with Crippen molar-refractivity contribution >= 4 is 46.6 Å². The molecule has 0 bridgehead atoms. The zero-order valence-corrected chi connectivity index (χ0v) is 18.5. The summed E-state index contributed by atoms with van der Waals surface area (Å²) in [5.41, 5.74) is 3.99. The number of benzene rings is 3. The number of thioether (sulfide) groups is 1. The molecule has 0 spiro atoms. The van der Waals surface area contributed by atoms with E-state index in [4.69, 9.17) is 34.8 Å². The van der Waals surface area contributed by atoms with E-state index in [1.165, 1.54) is 5.56 Å². The van der Waals surface area contributed by atoms with Gasteiger partial charge >= 0.3 is 0 Å². The van der Waals surface area contributed by atoms with Crippen LogP contribution in [-0.4, -0.2) is 14.8 Å². The van der Waals surface area contributed by atoms with Crippen LogP contribution >= 0.6 is 46.6 Å². The SMILES string of the molecule is Cc1ccc(-n2c(SCc3c(Cl)cccc3Cl)nnc2-c2ccc(Cl)cc2)cc1. The zero-order chi connectivity index (χ0) is 20.4. The van der Waals surface area contributed by atoms with Crippen molar-refractivity contribution in [2.45, 2.75) is 17.8 Å². The van der Waals surface area contributed by atoms with E-state index in [2.05, 4.69) is 41.4 Å². The second kappa shape index (κ2) is 8.80. The fourth-order valence-corrected chi connectivity index (χ4v) is 4.70. The molecule has 0 fully saturated rings. The molecule has 0 N–H and O–H groups in total. The lowest BCUT2D eigenvalue weighted by molar-refractivity contribution is 0.885. The molecule has 4 rings (SSSR count). The number of hydrogen-bond acceptors (Lipinski definition) is 3. The molecule has 0 aliphatic rings. The second-order valence-electron chi connectivity index (χ2n) is 6.47. The Morgan fingerprint density at radius 1 is 0.828 bits per heavy atom. The summed E-state index contributed by atoms with van der Waals surface area (Å²) in [5, 5.41) is 11.6. The lowest BCUT2D eigenvalue weighted by atomic mass is 10.2. The zero-order valence-electron chi connectivity index (χ0n) is 15.4. The lowest BCUT2D eigenvalue weighted by Crippen LogP contribution is -2.00. The maximum Gasteiger partial charge on any atom is 0.196 e. The van der Waals surface area contributed by atoms with Crippen molar-refractivity contribution in [2.24, 2.45) is 0 Å². The minimum Gasteiger partial charge on any atom is -0.270 e. The normalized spacial score (nSPS) is 11.0. The van der Waals surface area contributed by atoms with E-state index in [0.717, 1.165) is 27.8 Å². The first kappa shape index (κ1) is 20.3. The highest BCUT2D eigenvalue weighted by Gasteiger charge is 2.17. The van der Waals surface area contributed by atoms with Gasteiger partial charge in [0.05, 0.1) is 0 Å². The van der Waals surface area contributed by atoms with Crippen LogP contribution in [0.4, 0.5) is 0 Å². The molecule has 146 valence electrons. The van der Waals surface area contributed by atoms with E-state index in [9.17, 15) is 0 Å². The van der Waals surface area contributed by atoms with Crippen molar-refractivity contribution in [1.29, 1.82) is 0 Å². The van der Waals surface area contributed by atoms with Crippen molar-refractivity contribution in [3.05, 3.63) is 92.9 Å². The second-order valence-corrected chi connectivity index (χ2v) is 8.67. The average molecular weight is 461 g/mol. The van der Waals surface area contributed by atoms with Crippen molar-refractivity contribution in [3.8, 4) is 17.1 Å². The minimum absolute atomic E-state index is 0.586. The molecule has 1 heterocycles. The van der Waals surface area contributed by atoms with Crippen molar-refractivity contribution < 1.29 is 0 Å². The lowest BCUT2D eigenvalue weighted by Gasteiger charge is -2.12.